The molecular formula is C18H16N2O4. The molecule has 3 rings (SSSR count). The summed E-state index contributed by atoms with van der Waals surface area (Å²) in [5.74, 6) is -0.450. The van der Waals surface area contributed by atoms with E-state index >= 15 is 0 Å². The van der Waals surface area contributed by atoms with Crippen LogP contribution in [-0.2, 0) is 16.0 Å². The largest absolute Gasteiger partial charge is 0.508 e. The summed E-state index contributed by atoms with van der Waals surface area (Å²) < 4.78 is 4.61. The normalized spacial score (nSPS) is 10.5. The number of carbonyl (C=O) groups excluding carboxylic acids is 2. The number of phenolic OH excluding ortho intramolecular Hbond substituents is 1. The van der Waals surface area contributed by atoms with E-state index in [2.05, 4.69) is 15.0 Å². The summed E-state index contributed by atoms with van der Waals surface area (Å²) in [6, 6.07) is 13.5. The molecule has 3 N–H and O–H groups in total. The molecule has 122 valence electrons. The maximum atomic E-state index is 12.3. The highest BCUT2D eigenvalue weighted by Gasteiger charge is 2.10. The van der Waals surface area contributed by atoms with Gasteiger partial charge in [-0.1, -0.05) is 12.1 Å². The van der Waals surface area contributed by atoms with Crippen LogP contribution in [0.5, 0.6) is 5.75 Å². The molecule has 2 aromatic carbocycles. The van der Waals surface area contributed by atoms with E-state index < -0.39 is 0 Å². The van der Waals surface area contributed by atoms with Crippen LogP contribution in [0.25, 0.3) is 10.9 Å². The van der Waals surface area contributed by atoms with E-state index in [9.17, 15) is 14.7 Å². The molecule has 1 amide bonds. The monoisotopic (exact) mass is 324 g/mol. The van der Waals surface area contributed by atoms with Gasteiger partial charge in [0.2, 0.25) is 0 Å². The minimum Gasteiger partial charge on any atom is -0.508 e. The number of phenols is 1. The molecule has 1 aromatic heterocycles. The molecule has 0 saturated carbocycles. The lowest BCUT2D eigenvalue weighted by atomic mass is 10.1. The second-order valence-electron chi connectivity index (χ2n) is 5.36. The second kappa shape index (κ2) is 6.45. The first-order valence-corrected chi connectivity index (χ1v) is 7.34. The van der Waals surface area contributed by atoms with Gasteiger partial charge in [-0.05, 0) is 42.0 Å². The number of carbonyl (C=O) groups is 2. The number of aromatic hydroxyl groups is 1. The molecule has 0 unspecified atom stereocenters. The lowest BCUT2D eigenvalue weighted by molar-refractivity contribution is -0.139. The SMILES string of the molecule is COC(=O)Cc1ccc(NC(=O)c2cc3cc(O)ccc3[nH]2)cc1. The number of hydrogen-bond donors (Lipinski definition) is 3. The van der Waals surface area contributed by atoms with E-state index in [-0.39, 0.29) is 24.0 Å². The average molecular weight is 324 g/mol. The molecule has 0 radical (unpaired) electrons. The van der Waals surface area contributed by atoms with Crippen LogP contribution < -0.4 is 5.32 Å². The topological polar surface area (TPSA) is 91.4 Å². The Balaban J connectivity index is 1.72. The highest BCUT2D eigenvalue weighted by Crippen LogP contribution is 2.21. The molecule has 0 aliphatic rings. The smallest absolute Gasteiger partial charge is 0.309 e. The van der Waals surface area contributed by atoms with Gasteiger partial charge in [0.15, 0.2) is 0 Å². The summed E-state index contributed by atoms with van der Waals surface area (Å²) in [5.41, 5.74) is 2.59. The number of benzene rings is 2. The Hall–Kier alpha value is -3.28. The summed E-state index contributed by atoms with van der Waals surface area (Å²) in [5, 5.41) is 13.0. The molecule has 0 fully saturated rings. The van der Waals surface area contributed by atoms with Crippen LogP contribution >= 0.6 is 0 Å². The van der Waals surface area contributed by atoms with Crippen LogP contribution in [0.2, 0.25) is 0 Å². The van der Waals surface area contributed by atoms with Crippen molar-refractivity contribution in [1.82, 2.24) is 4.98 Å². The minimum absolute atomic E-state index is 0.148. The number of anilines is 1. The van der Waals surface area contributed by atoms with E-state index in [0.29, 0.717) is 11.4 Å². The van der Waals surface area contributed by atoms with Crippen molar-refractivity contribution in [3.63, 3.8) is 0 Å². The van der Waals surface area contributed by atoms with Crippen LogP contribution in [0, 0.1) is 0 Å². The standard InChI is InChI=1S/C18H16N2O4/c1-24-17(22)8-11-2-4-13(5-3-11)19-18(23)16-10-12-9-14(21)6-7-15(12)20-16/h2-7,9-10,20-21H,8H2,1H3,(H,19,23). The first-order chi connectivity index (χ1) is 11.5. The number of aromatic nitrogens is 1. The highest BCUT2D eigenvalue weighted by molar-refractivity contribution is 6.06. The number of methoxy groups -OCH3 is 1. The Kier molecular flexibility index (Phi) is 4.20. The Morgan fingerprint density at radius 2 is 1.88 bits per heavy atom. The van der Waals surface area contributed by atoms with Gasteiger partial charge in [-0.2, -0.15) is 0 Å². The van der Waals surface area contributed by atoms with Crippen LogP contribution in [0.3, 0.4) is 0 Å². The van der Waals surface area contributed by atoms with Gasteiger partial charge >= 0.3 is 5.97 Å². The fraction of sp³-hybridized carbons (Fsp3) is 0.111. The zero-order valence-corrected chi connectivity index (χ0v) is 13.0. The fourth-order valence-electron chi connectivity index (χ4n) is 2.39. The lowest BCUT2D eigenvalue weighted by Crippen LogP contribution is -2.12. The number of amides is 1. The molecule has 1 heterocycles. The van der Waals surface area contributed by atoms with Crippen molar-refractivity contribution < 1.29 is 19.4 Å². The summed E-state index contributed by atoms with van der Waals surface area (Å²) in [4.78, 5) is 26.5. The van der Waals surface area contributed by atoms with Gasteiger partial charge in [0.1, 0.15) is 11.4 Å². The summed E-state index contributed by atoms with van der Waals surface area (Å²) in [7, 11) is 1.34. The molecule has 6 nitrogen and oxygen atoms in total. The number of esters is 1. The number of hydrogen-bond acceptors (Lipinski definition) is 4. The fourth-order valence-corrected chi connectivity index (χ4v) is 2.39. The molecule has 0 bridgehead atoms. The molecular weight excluding hydrogens is 308 g/mol. The molecule has 0 atom stereocenters. The van der Waals surface area contributed by atoms with Gasteiger partial charge < -0.3 is 20.1 Å². The zero-order valence-electron chi connectivity index (χ0n) is 13.0. The first kappa shape index (κ1) is 15.6. The van der Waals surface area contributed by atoms with Gasteiger partial charge in [-0.25, -0.2) is 0 Å². The second-order valence-corrected chi connectivity index (χ2v) is 5.36. The van der Waals surface area contributed by atoms with Crippen molar-refractivity contribution in [2.24, 2.45) is 0 Å². The van der Waals surface area contributed by atoms with Crippen molar-refractivity contribution >= 4 is 28.5 Å². The predicted octanol–water partition coefficient (Wildman–Crippen LogP) is 2.84. The van der Waals surface area contributed by atoms with Gasteiger partial charge in [0, 0.05) is 16.6 Å². The summed E-state index contributed by atoms with van der Waals surface area (Å²) in [6.07, 6.45) is 0.191. The van der Waals surface area contributed by atoms with Gasteiger partial charge in [-0.15, -0.1) is 0 Å². The summed E-state index contributed by atoms with van der Waals surface area (Å²) >= 11 is 0. The number of nitrogens with one attached hydrogen (secondary N) is 2. The predicted molar refractivity (Wildman–Crippen MR) is 90.1 cm³/mol. The van der Waals surface area contributed by atoms with Crippen molar-refractivity contribution in [2.75, 3.05) is 12.4 Å². The molecule has 6 heteroatoms. The van der Waals surface area contributed by atoms with Crippen molar-refractivity contribution in [3.05, 3.63) is 59.8 Å². The minimum atomic E-state index is -0.312. The van der Waals surface area contributed by atoms with Gasteiger partial charge in [0.25, 0.3) is 5.91 Å². The zero-order chi connectivity index (χ0) is 17.1. The number of ether oxygens (including phenoxy) is 1. The molecule has 24 heavy (non-hydrogen) atoms. The molecule has 0 spiro atoms. The number of H-pyrrole nitrogens is 1. The van der Waals surface area contributed by atoms with E-state index in [0.717, 1.165) is 16.5 Å². The third-order valence-electron chi connectivity index (χ3n) is 3.64. The third-order valence-corrected chi connectivity index (χ3v) is 3.64. The third kappa shape index (κ3) is 3.38. The van der Waals surface area contributed by atoms with E-state index in [4.69, 9.17) is 0 Å². The van der Waals surface area contributed by atoms with E-state index in [1.54, 1.807) is 48.5 Å². The Labute approximate surface area is 138 Å². The number of fused-ring (bicyclic) bond motifs is 1. The van der Waals surface area contributed by atoms with Crippen LogP contribution in [0.15, 0.2) is 48.5 Å². The molecule has 0 aliphatic carbocycles. The maximum absolute atomic E-state index is 12.3. The quantitative estimate of drug-likeness (QED) is 0.644. The van der Waals surface area contributed by atoms with E-state index in [1.807, 2.05) is 0 Å². The summed E-state index contributed by atoms with van der Waals surface area (Å²) in [6.45, 7) is 0. The first-order valence-electron chi connectivity index (χ1n) is 7.34. The Morgan fingerprint density at radius 3 is 2.58 bits per heavy atom. The average Bonchev–Trinajstić information content (AvgIpc) is 2.99. The molecule has 0 aliphatic heterocycles. The Bertz CT molecular complexity index is 897. The molecule has 3 aromatic rings. The highest BCUT2D eigenvalue weighted by atomic mass is 16.5. The van der Waals surface area contributed by atoms with Crippen LogP contribution in [0.1, 0.15) is 16.1 Å². The van der Waals surface area contributed by atoms with Crippen LogP contribution in [-0.4, -0.2) is 29.1 Å². The van der Waals surface area contributed by atoms with Crippen LogP contribution in [0.4, 0.5) is 5.69 Å². The molecule has 0 saturated heterocycles. The lowest BCUT2D eigenvalue weighted by Gasteiger charge is -2.05. The van der Waals surface area contributed by atoms with Gasteiger partial charge in [-0.3, -0.25) is 9.59 Å². The number of aromatic amines is 1. The number of rotatable bonds is 4. The van der Waals surface area contributed by atoms with Gasteiger partial charge in [0.05, 0.1) is 13.5 Å². The van der Waals surface area contributed by atoms with Crippen molar-refractivity contribution in [3.8, 4) is 5.75 Å². The maximum Gasteiger partial charge on any atom is 0.309 e. The van der Waals surface area contributed by atoms with Crippen molar-refractivity contribution in [2.45, 2.75) is 6.42 Å². The Morgan fingerprint density at radius 1 is 1.12 bits per heavy atom. The van der Waals surface area contributed by atoms with Crippen molar-refractivity contribution in [1.29, 1.82) is 0 Å². The van der Waals surface area contributed by atoms with E-state index in [1.165, 1.54) is 7.11 Å².